The minimum Gasteiger partial charge on any atom is -0.361 e. The van der Waals surface area contributed by atoms with E-state index in [0.29, 0.717) is 0 Å². The van der Waals surface area contributed by atoms with Crippen molar-refractivity contribution in [1.82, 2.24) is 4.98 Å². The van der Waals surface area contributed by atoms with Crippen molar-refractivity contribution in [3.63, 3.8) is 0 Å². The third-order valence-corrected chi connectivity index (χ3v) is 3.37. The van der Waals surface area contributed by atoms with Crippen LogP contribution in [0.3, 0.4) is 0 Å². The molecule has 0 unspecified atom stereocenters. The van der Waals surface area contributed by atoms with Crippen LogP contribution in [0, 0.1) is 33.6 Å². The zero-order valence-corrected chi connectivity index (χ0v) is 13.6. The smallest absolute Gasteiger partial charge is 0.0456 e. The molecule has 1 heteroatoms. The first-order chi connectivity index (χ1) is 10.6. The Hall–Kier alpha value is -2.72. The number of rotatable bonds is 1. The summed E-state index contributed by atoms with van der Waals surface area (Å²) in [5.41, 5.74) is 6.34. The second-order valence-corrected chi connectivity index (χ2v) is 5.13. The molecule has 3 rings (SSSR count). The number of nitrogens with one attached hydrogen (secondary N) is 1. The van der Waals surface area contributed by atoms with Crippen LogP contribution in [-0.4, -0.2) is 4.98 Å². The fraction of sp³-hybridized carbons (Fsp3) is 0.143. The molecule has 0 spiro atoms. The van der Waals surface area contributed by atoms with Gasteiger partial charge in [0.15, 0.2) is 0 Å². The highest BCUT2D eigenvalue weighted by molar-refractivity contribution is 5.79. The fourth-order valence-corrected chi connectivity index (χ4v) is 2.14. The van der Waals surface area contributed by atoms with E-state index in [9.17, 15) is 0 Å². The van der Waals surface area contributed by atoms with Crippen LogP contribution in [0.25, 0.3) is 17.0 Å². The van der Waals surface area contributed by atoms with Crippen LogP contribution < -0.4 is 0 Å². The van der Waals surface area contributed by atoms with Gasteiger partial charge in [-0.2, -0.15) is 0 Å². The minimum atomic E-state index is 1.22. The van der Waals surface area contributed by atoms with Gasteiger partial charge in [-0.15, -0.1) is 12.8 Å². The van der Waals surface area contributed by atoms with E-state index in [1.54, 1.807) is 0 Å². The summed E-state index contributed by atoms with van der Waals surface area (Å²) in [7, 11) is 0. The summed E-state index contributed by atoms with van der Waals surface area (Å²) in [6, 6.07) is 14.8. The van der Waals surface area contributed by atoms with Crippen molar-refractivity contribution in [2.75, 3.05) is 0 Å². The molecule has 1 nitrogen and oxygen atoms in total. The van der Waals surface area contributed by atoms with Crippen molar-refractivity contribution < 1.29 is 0 Å². The van der Waals surface area contributed by atoms with E-state index in [1.165, 1.54) is 33.2 Å². The molecule has 1 heterocycles. The van der Waals surface area contributed by atoms with Crippen molar-refractivity contribution in [3.05, 3.63) is 77.5 Å². The van der Waals surface area contributed by atoms with Gasteiger partial charge in [0, 0.05) is 11.7 Å². The Morgan fingerprint density at radius 1 is 0.909 bits per heavy atom. The van der Waals surface area contributed by atoms with E-state index in [1.807, 2.05) is 12.3 Å². The molecule has 0 aliphatic heterocycles. The molecule has 3 aromatic rings. The summed E-state index contributed by atoms with van der Waals surface area (Å²) in [6.45, 7) is 10.0. The van der Waals surface area contributed by atoms with Crippen molar-refractivity contribution >= 4 is 17.0 Å². The summed E-state index contributed by atoms with van der Waals surface area (Å²) < 4.78 is 0. The van der Waals surface area contributed by atoms with Gasteiger partial charge in [0.05, 0.1) is 0 Å². The molecule has 2 aromatic carbocycles. The summed E-state index contributed by atoms with van der Waals surface area (Å²) in [4.78, 5) is 3.16. The first-order valence-corrected chi connectivity index (χ1v) is 7.17. The Bertz CT molecular complexity index is 760. The Morgan fingerprint density at radius 2 is 1.55 bits per heavy atom. The van der Waals surface area contributed by atoms with E-state index < -0.39 is 0 Å². The average Bonchev–Trinajstić information content (AvgIpc) is 2.99. The van der Waals surface area contributed by atoms with Crippen LogP contribution in [0.2, 0.25) is 0 Å². The Labute approximate surface area is 133 Å². The summed E-state index contributed by atoms with van der Waals surface area (Å²) in [5, 5.41) is 1.28. The van der Waals surface area contributed by atoms with Gasteiger partial charge < -0.3 is 4.98 Å². The van der Waals surface area contributed by atoms with Crippen LogP contribution in [0.15, 0.2) is 55.2 Å². The Kier molecular flexibility index (Phi) is 6.73. The molecule has 0 aliphatic rings. The first kappa shape index (κ1) is 17.3. The SMILES string of the molecule is C#C.C=Cc1cc(C)ccc1C.Cc1ccc2cc[nH]c2c1. The molecule has 0 saturated carbocycles. The van der Waals surface area contributed by atoms with Gasteiger partial charge in [0.1, 0.15) is 0 Å². The number of aryl methyl sites for hydroxylation is 3. The van der Waals surface area contributed by atoms with Gasteiger partial charge in [-0.05, 0) is 55.0 Å². The maximum absolute atomic E-state index is 4.00. The minimum absolute atomic E-state index is 1.22. The third-order valence-electron chi connectivity index (χ3n) is 3.37. The standard InChI is InChI=1S/C10H12.C9H9N.C2H2/c1-4-10-7-8(2)5-6-9(10)3;1-7-2-3-8-4-5-10-9(8)6-7;1-2/h4-7H,1H2,2-3H3;2-6,10H,1H3;1-2H. The number of terminal acetylenes is 1. The summed E-state index contributed by atoms with van der Waals surface area (Å²) in [6.07, 6.45) is 11.9. The molecular weight excluding hydrogens is 266 g/mol. The lowest BCUT2D eigenvalue weighted by molar-refractivity contribution is 1.38. The summed E-state index contributed by atoms with van der Waals surface area (Å²) in [5.74, 6) is 0. The monoisotopic (exact) mass is 289 g/mol. The maximum Gasteiger partial charge on any atom is 0.0456 e. The lowest BCUT2D eigenvalue weighted by Gasteiger charge is -1.99. The van der Waals surface area contributed by atoms with Gasteiger partial charge in [-0.25, -0.2) is 0 Å². The van der Waals surface area contributed by atoms with Crippen LogP contribution >= 0.6 is 0 Å². The van der Waals surface area contributed by atoms with Crippen molar-refractivity contribution in [2.24, 2.45) is 0 Å². The molecule has 22 heavy (non-hydrogen) atoms. The van der Waals surface area contributed by atoms with Gasteiger partial charge in [0.25, 0.3) is 0 Å². The lowest BCUT2D eigenvalue weighted by atomic mass is 10.1. The highest BCUT2D eigenvalue weighted by Gasteiger charge is 1.92. The number of hydrogen-bond donors (Lipinski definition) is 1. The molecule has 0 aliphatic carbocycles. The third kappa shape index (κ3) is 4.68. The van der Waals surface area contributed by atoms with E-state index in [0.717, 1.165) is 0 Å². The highest BCUT2D eigenvalue weighted by atomic mass is 14.7. The van der Waals surface area contributed by atoms with Gasteiger partial charge in [-0.3, -0.25) is 0 Å². The zero-order chi connectivity index (χ0) is 16.5. The predicted octanol–water partition coefficient (Wildman–Crippen LogP) is 5.67. The maximum atomic E-state index is 4.00. The summed E-state index contributed by atoms with van der Waals surface area (Å²) >= 11 is 0. The largest absolute Gasteiger partial charge is 0.361 e. The topological polar surface area (TPSA) is 15.8 Å². The number of aromatic nitrogens is 1. The lowest BCUT2D eigenvalue weighted by Crippen LogP contribution is -1.80. The molecule has 0 bridgehead atoms. The van der Waals surface area contributed by atoms with Gasteiger partial charge >= 0.3 is 0 Å². The molecule has 0 radical (unpaired) electrons. The van der Waals surface area contributed by atoms with Crippen molar-refractivity contribution in [1.29, 1.82) is 0 Å². The number of fused-ring (bicyclic) bond motifs is 1. The predicted molar refractivity (Wildman–Crippen MR) is 98.9 cm³/mol. The Balaban J connectivity index is 0.000000198. The van der Waals surface area contributed by atoms with E-state index >= 15 is 0 Å². The molecule has 1 aromatic heterocycles. The molecule has 112 valence electrons. The van der Waals surface area contributed by atoms with Crippen molar-refractivity contribution in [2.45, 2.75) is 20.8 Å². The van der Waals surface area contributed by atoms with Crippen LogP contribution in [0.1, 0.15) is 22.3 Å². The van der Waals surface area contributed by atoms with Crippen molar-refractivity contribution in [3.8, 4) is 12.8 Å². The van der Waals surface area contributed by atoms with Gasteiger partial charge in [-0.1, -0.05) is 48.6 Å². The van der Waals surface area contributed by atoms with Crippen LogP contribution in [0.4, 0.5) is 0 Å². The number of hydrogen-bond acceptors (Lipinski definition) is 0. The van der Waals surface area contributed by atoms with Crippen LogP contribution in [-0.2, 0) is 0 Å². The van der Waals surface area contributed by atoms with Gasteiger partial charge in [0.2, 0.25) is 0 Å². The zero-order valence-electron chi connectivity index (χ0n) is 13.6. The van der Waals surface area contributed by atoms with E-state index in [4.69, 9.17) is 0 Å². The quantitative estimate of drug-likeness (QED) is 0.555. The molecular formula is C21H23N. The second kappa shape index (κ2) is 8.54. The first-order valence-electron chi connectivity index (χ1n) is 7.17. The highest BCUT2D eigenvalue weighted by Crippen LogP contribution is 2.12. The molecule has 0 fully saturated rings. The molecule has 0 atom stereocenters. The Morgan fingerprint density at radius 3 is 2.18 bits per heavy atom. The molecule has 1 N–H and O–H groups in total. The number of aromatic amines is 1. The van der Waals surface area contributed by atoms with E-state index in [2.05, 4.69) is 87.6 Å². The number of benzene rings is 2. The molecule has 0 saturated heterocycles. The normalized spacial score (nSPS) is 9.14. The van der Waals surface area contributed by atoms with Crippen LogP contribution in [0.5, 0.6) is 0 Å². The van der Waals surface area contributed by atoms with E-state index in [-0.39, 0.29) is 0 Å². The average molecular weight is 289 g/mol. The fourth-order valence-electron chi connectivity index (χ4n) is 2.14. The molecule has 0 amide bonds. The number of H-pyrrole nitrogens is 1. The second-order valence-electron chi connectivity index (χ2n) is 5.13.